The number of aromatic nitrogens is 1. The summed E-state index contributed by atoms with van der Waals surface area (Å²) in [6, 6.07) is 7.54. The molecule has 0 saturated carbocycles. The Balaban J connectivity index is 1.94. The summed E-state index contributed by atoms with van der Waals surface area (Å²) in [7, 11) is 0. The van der Waals surface area contributed by atoms with Crippen molar-refractivity contribution in [3.8, 4) is 11.8 Å². The molecule has 0 fully saturated rings. The summed E-state index contributed by atoms with van der Waals surface area (Å²) in [6.07, 6.45) is 2.97. The van der Waals surface area contributed by atoms with Crippen LogP contribution in [0.15, 0.2) is 39.4 Å². The van der Waals surface area contributed by atoms with Gasteiger partial charge in [0.2, 0.25) is 0 Å². The molecule has 1 aromatic heterocycles. The van der Waals surface area contributed by atoms with E-state index in [2.05, 4.69) is 33.2 Å². The zero-order valence-corrected chi connectivity index (χ0v) is 11.7. The zero-order chi connectivity index (χ0) is 12.8. The molecule has 1 N–H and O–H groups in total. The Kier molecular flexibility index (Phi) is 4.78. The van der Waals surface area contributed by atoms with Crippen molar-refractivity contribution in [2.24, 2.45) is 0 Å². The number of oxazole rings is 1. The Morgan fingerprint density at radius 3 is 3.11 bits per heavy atom. The molecular formula is C13H15BrN2O2. The monoisotopic (exact) mass is 310 g/mol. The Morgan fingerprint density at radius 2 is 2.33 bits per heavy atom. The molecule has 96 valence electrons. The van der Waals surface area contributed by atoms with Crippen molar-refractivity contribution in [1.82, 2.24) is 10.3 Å². The molecule has 18 heavy (non-hydrogen) atoms. The van der Waals surface area contributed by atoms with Crippen LogP contribution in [0.1, 0.15) is 19.0 Å². The summed E-state index contributed by atoms with van der Waals surface area (Å²) in [5, 5.41) is 3.25. The van der Waals surface area contributed by atoms with Crippen LogP contribution in [0.5, 0.6) is 11.8 Å². The average molecular weight is 311 g/mol. The van der Waals surface area contributed by atoms with Crippen molar-refractivity contribution >= 4 is 15.9 Å². The number of nitrogens with one attached hydrogen (secondary N) is 1. The minimum absolute atomic E-state index is 0.265. The smallest absolute Gasteiger partial charge is 0.399 e. The summed E-state index contributed by atoms with van der Waals surface area (Å²) in [6.45, 7) is 3.78. The van der Waals surface area contributed by atoms with E-state index >= 15 is 0 Å². The van der Waals surface area contributed by atoms with Crippen molar-refractivity contribution in [2.45, 2.75) is 19.9 Å². The molecule has 0 unspecified atom stereocenters. The topological polar surface area (TPSA) is 47.3 Å². The summed E-state index contributed by atoms with van der Waals surface area (Å²) in [5.41, 5.74) is 0.841. The first-order chi connectivity index (χ1) is 8.78. The van der Waals surface area contributed by atoms with Gasteiger partial charge in [0.25, 0.3) is 0 Å². The third-order valence-electron chi connectivity index (χ3n) is 2.26. The summed E-state index contributed by atoms with van der Waals surface area (Å²) < 4.78 is 11.7. The molecule has 4 nitrogen and oxygen atoms in total. The molecule has 0 atom stereocenters. The number of rotatable bonds is 6. The van der Waals surface area contributed by atoms with Gasteiger partial charge in [-0.25, -0.2) is 0 Å². The van der Waals surface area contributed by atoms with Gasteiger partial charge in [0, 0.05) is 11.0 Å². The van der Waals surface area contributed by atoms with Crippen molar-refractivity contribution in [1.29, 1.82) is 0 Å². The molecule has 2 rings (SSSR count). The number of hydrogen-bond donors (Lipinski definition) is 1. The van der Waals surface area contributed by atoms with Gasteiger partial charge in [-0.05, 0) is 31.2 Å². The maximum absolute atomic E-state index is 5.51. The third kappa shape index (κ3) is 3.85. The third-order valence-corrected chi connectivity index (χ3v) is 2.76. The van der Waals surface area contributed by atoms with E-state index in [4.69, 9.17) is 9.15 Å². The first-order valence-corrected chi connectivity index (χ1v) is 6.66. The highest BCUT2D eigenvalue weighted by Gasteiger charge is 2.06. The lowest BCUT2D eigenvalue weighted by molar-refractivity contribution is 0.330. The van der Waals surface area contributed by atoms with E-state index < -0.39 is 0 Å². The van der Waals surface area contributed by atoms with Crippen LogP contribution < -0.4 is 10.1 Å². The molecule has 1 aromatic carbocycles. The Bertz CT molecular complexity index is 499. The molecule has 0 amide bonds. The normalized spacial score (nSPS) is 10.6. The highest BCUT2D eigenvalue weighted by Crippen LogP contribution is 2.23. The van der Waals surface area contributed by atoms with Crippen LogP contribution in [0.4, 0.5) is 0 Å². The minimum atomic E-state index is 0.265. The van der Waals surface area contributed by atoms with Gasteiger partial charge >= 0.3 is 6.08 Å². The largest absolute Gasteiger partial charge is 0.417 e. The van der Waals surface area contributed by atoms with Crippen LogP contribution in [0, 0.1) is 0 Å². The summed E-state index contributed by atoms with van der Waals surface area (Å²) in [5.74, 6) is 0.694. The number of nitrogens with zero attached hydrogens (tertiary/aromatic N) is 1. The van der Waals surface area contributed by atoms with Crippen LogP contribution in [0.3, 0.4) is 0 Å². The lowest BCUT2D eigenvalue weighted by Gasteiger charge is -2.00. The number of benzene rings is 1. The van der Waals surface area contributed by atoms with Crippen LogP contribution in [0.25, 0.3) is 0 Å². The van der Waals surface area contributed by atoms with Gasteiger partial charge in [0.15, 0.2) is 0 Å². The fourth-order valence-electron chi connectivity index (χ4n) is 1.44. The van der Waals surface area contributed by atoms with Crippen molar-refractivity contribution in [3.63, 3.8) is 0 Å². The van der Waals surface area contributed by atoms with Gasteiger partial charge in [-0.15, -0.1) is 0 Å². The number of halogens is 1. The predicted octanol–water partition coefficient (Wildman–Crippen LogP) is 3.73. The molecule has 0 aliphatic rings. The second kappa shape index (κ2) is 6.56. The molecule has 0 spiro atoms. The molecule has 0 aliphatic heterocycles. The Morgan fingerprint density at radius 1 is 1.44 bits per heavy atom. The molecule has 0 radical (unpaired) electrons. The first-order valence-electron chi connectivity index (χ1n) is 5.86. The standard InChI is InChI=1S/C13H15BrN2O2/c1-2-6-15-8-11-9-17-13(16-11)18-12-5-3-4-10(14)7-12/h3-5,7,9,15H,2,6,8H2,1H3. The van der Waals surface area contributed by atoms with Crippen LogP contribution >= 0.6 is 15.9 Å². The second-order valence-corrected chi connectivity index (χ2v) is 4.76. The van der Waals surface area contributed by atoms with Gasteiger partial charge in [-0.3, -0.25) is 0 Å². The Hall–Kier alpha value is -1.33. The average Bonchev–Trinajstić information content (AvgIpc) is 2.77. The van der Waals surface area contributed by atoms with Gasteiger partial charge in [0.05, 0.1) is 5.69 Å². The summed E-state index contributed by atoms with van der Waals surface area (Å²) >= 11 is 3.38. The van der Waals surface area contributed by atoms with Crippen LogP contribution in [-0.4, -0.2) is 11.5 Å². The van der Waals surface area contributed by atoms with Gasteiger partial charge < -0.3 is 14.5 Å². The fraction of sp³-hybridized carbons (Fsp3) is 0.308. The van der Waals surface area contributed by atoms with E-state index in [9.17, 15) is 0 Å². The molecule has 0 saturated heterocycles. The molecule has 0 bridgehead atoms. The van der Waals surface area contributed by atoms with E-state index in [1.807, 2.05) is 24.3 Å². The zero-order valence-electron chi connectivity index (χ0n) is 10.1. The maximum Gasteiger partial charge on any atom is 0.399 e. The quantitative estimate of drug-likeness (QED) is 0.826. The van der Waals surface area contributed by atoms with Gasteiger partial charge in [0.1, 0.15) is 12.0 Å². The maximum atomic E-state index is 5.51. The highest BCUT2D eigenvalue weighted by atomic mass is 79.9. The van der Waals surface area contributed by atoms with Crippen molar-refractivity contribution in [2.75, 3.05) is 6.54 Å². The van der Waals surface area contributed by atoms with E-state index in [0.29, 0.717) is 12.3 Å². The van der Waals surface area contributed by atoms with Crippen LogP contribution in [-0.2, 0) is 6.54 Å². The number of ether oxygens (including phenoxy) is 1. The van der Waals surface area contributed by atoms with E-state index in [0.717, 1.165) is 23.1 Å². The van der Waals surface area contributed by atoms with Crippen LogP contribution in [0.2, 0.25) is 0 Å². The lowest BCUT2D eigenvalue weighted by atomic mass is 10.3. The lowest BCUT2D eigenvalue weighted by Crippen LogP contribution is -2.13. The van der Waals surface area contributed by atoms with E-state index in [1.165, 1.54) is 0 Å². The number of hydrogen-bond acceptors (Lipinski definition) is 4. The van der Waals surface area contributed by atoms with E-state index in [-0.39, 0.29) is 6.08 Å². The van der Waals surface area contributed by atoms with Crippen molar-refractivity contribution < 1.29 is 9.15 Å². The van der Waals surface area contributed by atoms with Gasteiger partial charge in [-0.1, -0.05) is 28.9 Å². The Labute approximate surface area is 114 Å². The minimum Gasteiger partial charge on any atom is -0.417 e. The molecule has 0 aliphatic carbocycles. The SMILES string of the molecule is CCCNCc1coc(Oc2cccc(Br)c2)n1. The second-order valence-electron chi connectivity index (χ2n) is 3.84. The first kappa shape index (κ1) is 13.1. The van der Waals surface area contributed by atoms with Gasteiger partial charge in [-0.2, -0.15) is 4.98 Å². The van der Waals surface area contributed by atoms with E-state index in [1.54, 1.807) is 6.26 Å². The fourth-order valence-corrected chi connectivity index (χ4v) is 1.82. The highest BCUT2D eigenvalue weighted by molar-refractivity contribution is 9.10. The molecule has 1 heterocycles. The van der Waals surface area contributed by atoms with Crippen molar-refractivity contribution in [3.05, 3.63) is 40.7 Å². The molecule has 2 aromatic rings. The molecular weight excluding hydrogens is 296 g/mol. The predicted molar refractivity (Wildman–Crippen MR) is 72.7 cm³/mol. The summed E-state index contributed by atoms with van der Waals surface area (Å²) in [4.78, 5) is 4.24. The molecule has 5 heteroatoms.